The van der Waals surface area contributed by atoms with Crippen LogP contribution < -0.4 is 5.32 Å². The third-order valence-corrected chi connectivity index (χ3v) is 3.38. The molecule has 1 aromatic heterocycles. The summed E-state index contributed by atoms with van der Waals surface area (Å²) in [5.74, 6) is -0.498. The number of benzene rings is 1. The number of aromatic carboxylic acids is 1. The average Bonchev–Trinajstić information content (AvgIpc) is 2.34. The molecule has 0 spiro atoms. The lowest BCUT2D eigenvalue weighted by Crippen LogP contribution is -2.00. The Kier molecular flexibility index (Phi) is 3.98. The molecule has 2 rings (SSSR count). The van der Waals surface area contributed by atoms with Gasteiger partial charge in [-0.15, -0.1) is 0 Å². The van der Waals surface area contributed by atoms with Crippen LogP contribution in [0.2, 0.25) is 0 Å². The Morgan fingerprint density at radius 1 is 1.22 bits per heavy atom. The van der Waals surface area contributed by atoms with Gasteiger partial charge in [0.15, 0.2) is 0 Å². The Balaban J connectivity index is 2.31. The van der Waals surface area contributed by atoms with Gasteiger partial charge in [0.25, 0.3) is 0 Å². The predicted molar refractivity (Wildman–Crippen MR) is 76.3 cm³/mol. The molecular formula is C12H8Br2N2O2. The Labute approximate surface area is 120 Å². The lowest BCUT2D eigenvalue weighted by atomic mass is 10.2. The SMILES string of the molecule is O=C(O)c1ccnc(Nc2cc(Br)ccc2Br)c1. The molecule has 0 saturated heterocycles. The number of rotatable bonds is 3. The van der Waals surface area contributed by atoms with Crippen LogP contribution in [-0.2, 0) is 0 Å². The van der Waals surface area contributed by atoms with Crippen LogP contribution in [-0.4, -0.2) is 16.1 Å². The quantitative estimate of drug-likeness (QED) is 0.854. The first-order valence-corrected chi connectivity index (χ1v) is 6.56. The lowest BCUT2D eigenvalue weighted by Gasteiger charge is -2.08. The van der Waals surface area contributed by atoms with E-state index in [-0.39, 0.29) is 5.56 Å². The highest BCUT2D eigenvalue weighted by Crippen LogP contribution is 2.28. The lowest BCUT2D eigenvalue weighted by molar-refractivity contribution is 0.0697. The van der Waals surface area contributed by atoms with Gasteiger partial charge in [-0.25, -0.2) is 9.78 Å². The van der Waals surface area contributed by atoms with Crippen molar-refractivity contribution >= 4 is 49.3 Å². The molecule has 4 nitrogen and oxygen atoms in total. The van der Waals surface area contributed by atoms with Crippen LogP contribution in [0.15, 0.2) is 45.5 Å². The van der Waals surface area contributed by atoms with Gasteiger partial charge in [-0.05, 0) is 46.3 Å². The zero-order chi connectivity index (χ0) is 13.1. The highest BCUT2D eigenvalue weighted by Gasteiger charge is 2.06. The number of halogens is 2. The standard InChI is InChI=1S/C12H8Br2N2O2/c13-8-1-2-9(14)10(6-8)16-11-5-7(12(17)18)3-4-15-11/h1-6H,(H,15,16)(H,17,18). The summed E-state index contributed by atoms with van der Waals surface area (Å²) in [5.41, 5.74) is 0.998. The van der Waals surface area contributed by atoms with E-state index in [1.165, 1.54) is 18.3 Å². The maximum atomic E-state index is 10.9. The maximum absolute atomic E-state index is 10.9. The number of nitrogens with zero attached hydrogens (tertiary/aromatic N) is 1. The number of aromatic nitrogens is 1. The van der Waals surface area contributed by atoms with Gasteiger partial charge in [-0.3, -0.25) is 0 Å². The first-order chi connectivity index (χ1) is 8.56. The fraction of sp³-hybridized carbons (Fsp3) is 0. The van der Waals surface area contributed by atoms with E-state index in [0.29, 0.717) is 5.82 Å². The largest absolute Gasteiger partial charge is 0.478 e. The predicted octanol–water partition coefficient (Wildman–Crippen LogP) is 4.05. The summed E-state index contributed by atoms with van der Waals surface area (Å²) < 4.78 is 1.79. The minimum absolute atomic E-state index is 0.193. The summed E-state index contributed by atoms with van der Waals surface area (Å²) in [7, 11) is 0. The van der Waals surface area contributed by atoms with Gasteiger partial charge in [0.05, 0.1) is 11.3 Å². The molecular weight excluding hydrogens is 364 g/mol. The van der Waals surface area contributed by atoms with E-state index < -0.39 is 5.97 Å². The summed E-state index contributed by atoms with van der Waals surface area (Å²) in [5, 5.41) is 12.0. The van der Waals surface area contributed by atoms with Crippen LogP contribution in [0.1, 0.15) is 10.4 Å². The van der Waals surface area contributed by atoms with Gasteiger partial charge in [-0.1, -0.05) is 15.9 Å². The molecule has 18 heavy (non-hydrogen) atoms. The average molecular weight is 372 g/mol. The van der Waals surface area contributed by atoms with E-state index in [9.17, 15) is 4.79 Å². The number of hydrogen-bond acceptors (Lipinski definition) is 3. The van der Waals surface area contributed by atoms with Crippen molar-refractivity contribution in [3.8, 4) is 0 Å². The number of carbonyl (C=O) groups is 1. The minimum atomic E-state index is -0.978. The Hall–Kier alpha value is -1.40. The van der Waals surface area contributed by atoms with Gasteiger partial charge < -0.3 is 10.4 Å². The second-order valence-corrected chi connectivity index (χ2v) is 5.25. The molecule has 0 fully saturated rings. The fourth-order valence-electron chi connectivity index (χ4n) is 1.36. The Morgan fingerprint density at radius 3 is 2.72 bits per heavy atom. The molecule has 0 atom stereocenters. The highest BCUT2D eigenvalue weighted by atomic mass is 79.9. The Bertz CT molecular complexity index is 602. The van der Waals surface area contributed by atoms with Crippen molar-refractivity contribution in [1.29, 1.82) is 0 Å². The van der Waals surface area contributed by atoms with Crippen molar-refractivity contribution in [3.05, 3.63) is 51.0 Å². The third kappa shape index (κ3) is 3.08. The molecule has 0 aliphatic rings. The highest BCUT2D eigenvalue weighted by molar-refractivity contribution is 9.11. The van der Waals surface area contributed by atoms with Gasteiger partial charge >= 0.3 is 5.97 Å². The topological polar surface area (TPSA) is 62.2 Å². The van der Waals surface area contributed by atoms with E-state index in [4.69, 9.17) is 5.11 Å². The molecule has 0 unspecified atom stereocenters. The van der Waals surface area contributed by atoms with Crippen LogP contribution >= 0.6 is 31.9 Å². The van der Waals surface area contributed by atoms with Crippen LogP contribution in [0, 0.1) is 0 Å². The Morgan fingerprint density at radius 2 is 2.00 bits per heavy atom. The van der Waals surface area contributed by atoms with Crippen molar-refractivity contribution in [2.24, 2.45) is 0 Å². The summed E-state index contributed by atoms with van der Waals surface area (Å²) in [4.78, 5) is 14.9. The van der Waals surface area contributed by atoms with Crippen LogP contribution in [0.4, 0.5) is 11.5 Å². The summed E-state index contributed by atoms with van der Waals surface area (Å²) >= 11 is 6.78. The second kappa shape index (κ2) is 5.49. The van der Waals surface area contributed by atoms with Crippen molar-refractivity contribution < 1.29 is 9.90 Å². The van der Waals surface area contributed by atoms with Gasteiger partial charge in [-0.2, -0.15) is 0 Å². The third-order valence-electron chi connectivity index (χ3n) is 2.20. The van der Waals surface area contributed by atoms with E-state index >= 15 is 0 Å². The maximum Gasteiger partial charge on any atom is 0.335 e. The first-order valence-electron chi connectivity index (χ1n) is 4.97. The van der Waals surface area contributed by atoms with E-state index in [0.717, 1.165) is 14.6 Å². The fourth-order valence-corrected chi connectivity index (χ4v) is 2.07. The second-order valence-electron chi connectivity index (χ2n) is 3.48. The zero-order valence-corrected chi connectivity index (χ0v) is 12.2. The van der Waals surface area contributed by atoms with Crippen LogP contribution in [0.3, 0.4) is 0 Å². The number of anilines is 2. The number of nitrogens with one attached hydrogen (secondary N) is 1. The van der Waals surface area contributed by atoms with Crippen molar-refractivity contribution in [1.82, 2.24) is 4.98 Å². The van der Waals surface area contributed by atoms with Crippen molar-refractivity contribution in [3.63, 3.8) is 0 Å². The zero-order valence-electron chi connectivity index (χ0n) is 9.02. The molecule has 0 bridgehead atoms. The molecule has 0 saturated carbocycles. The number of carboxylic acid groups (broad SMARTS) is 1. The molecule has 2 aromatic rings. The van der Waals surface area contributed by atoms with E-state index in [1.807, 2.05) is 18.2 Å². The first kappa shape index (κ1) is 13.0. The van der Waals surface area contributed by atoms with E-state index in [2.05, 4.69) is 42.2 Å². The molecule has 0 aliphatic heterocycles. The molecule has 1 aromatic carbocycles. The number of hydrogen-bond donors (Lipinski definition) is 2. The monoisotopic (exact) mass is 370 g/mol. The molecule has 0 aliphatic carbocycles. The molecule has 2 N–H and O–H groups in total. The van der Waals surface area contributed by atoms with Crippen LogP contribution in [0.5, 0.6) is 0 Å². The molecule has 0 amide bonds. The van der Waals surface area contributed by atoms with Crippen molar-refractivity contribution in [2.75, 3.05) is 5.32 Å². The van der Waals surface area contributed by atoms with Gasteiger partial charge in [0.2, 0.25) is 0 Å². The molecule has 0 radical (unpaired) electrons. The van der Waals surface area contributed by atoms with E-state index in [1.54, 1.807) is 0 Å². The molecule has 92 valence electrons. The molecule has 1 heterocycles. The van der Waals surface area contributed by atoms with Crippen molar-refractivity contribution in [2.45, 2.75) is 0 Å². The summed E-state index contributed by atoms with van der Waals surface area (Å²) in [6, 6.07) is 8.59. The normalized spacial score (nSPS) is 10.1. The number of pyridine rings is 1. The van der Waals surface area contributed by atoms with Crippen LogP contribution in [0.25, 0.3) is 0 Å². The molecule has 6 heteroatoms. The van der Waals surface area contributed by atoms with Gasteiger partial charge in [0, 0.05) is 15.1 Å². The number of carboxylic acids is 1. The minimum Gasteiger partial charge on any atom is -0.478 e. The smallest absolute Gasteiger partial charge is 0.335 e. The summed E-state index contributed by atoms with van der Waals surface area (Å²) in [6.07, 6.45) is 1.46. The summed E-state index contributed by atoms with van der Waals surface area (Å²) in [6.45, 7) is 0. The van der Waals surface area contributed by atoms with Gasteiger partial charge in [0.1, 0.15) is 5.82 Å².